The van der Waals surface area contributed by atoms with Gasteiger partial charge in [0.2, 0.25) is 0 Å². The third-order valence-corrected chi connectivity index (χ3v) is 4.28. The van der Waals surface area contributed by atoms with E-state index in [-0.39, 0.29) is 0 Å². The first-order chi connectivity index (χ1) is 9.34. The van der Waals surface area contributed by atoms with Crippen molar-refractivity contribution in [3.05, 3.63) is 29.8 Å². The second-order valence-corrected chi connectivity index (χ2v) is 6.11. The van der Waals surface area contributed by atoms with Gasteiger partial charge in [0, 0.05) is 0 Å². The fourth-order valence-electron chi connectivity index (χ4n) is 2.50. The van der Waals surface area contributed by atoms with Crippen molar-refractivity contribution in [2.24, 2.45) is 0 Å². The van der Waals surface area contributed by atoms with E-state index in [1.165, 1.54) is 80.7 Å². The maximum atomic E-state index is 4.08. The van der Waals surface area contributed by atoms with Crippen molar-refractivity contribution in [3.63, 3.8) is 0 Å². The molecule has 0 nitrogen and oxygen atoms in total. The van der Waals surface area contributed by atoms with E-state index in [1.54, 1.807) is 0 Å². The Morgan fingerprint density at radius 3 is 1.84 bits per heavy atom. The molecule has 0 bridgehead atoms. The molecule has 0 radical (unpaired) electrons. The van der Waals surface area contributed by atoms with E-state index < -0.39 is 0 Å². The van der Waals surface area contributed by atoms with Gasteiger partial charge in [-0.2, -0.15) is 0 Å². The third-order valence-electron chi connectivity index (χ3n) is 3.75. The van der Waals surface area contributed by atoms with E-state index in [0.717, 1.165) is 0 Å². The molecule has 0 aliphatic carbocycles. The van der Waals surface area contributed by atoms with Crippen LogP contribution in [-0.4, -0.2) is 0 Å². The van der Waals surface area contributed by atoms with E-state index in [0.29, 0.717) is 0 Å². The molecule has 0 N–H and O–H groups in total. The molecule has 1 aromatic carbocycles. The summed E-state index contributed by atoms with van der Waals surface area (Å²) in [7, 11) is 0. The Morgan fingerprint density at radius 1 is 0.737 bits per heavy atom. The fraction of sp³-hybridized carbons (Fsp3) is 0.667. The molecule has 0 aliphatic rings. The van der Waals surface area contributed by atoms with Gasteiger partial charge in [-0.15, -0.1) is 0 Å². The zero-order valence-electron chi connectivity index (χ0n) is 12.4. The Hall–Kier alpha value is -0.261. The normalized spacial score (nSPS) is 10.8. The Labute approximate surface area is 128 Å². The first-order valence-electron chi connectivity index (χ1n) is 8.06. The van der Waals surface area contributed by atoms with E-state index in [2.05, 4.69) is 47.2 Å². The summed E-state index contributed by atoms with van der Waals surface area (Å²) in [5.74, 6) is 0. The summed E-state index contributed by atoms with van der Waals surface area (Å²) in [5, 5.41) is 0. The minimum absolute atomic E-state index is 1.20. The zero-order chi connectivity index (χ0) is 13.8. The zero-order valence-corrected chi connectivity index (χ0v) is 13.5. The summed E-state index contributed by atoms with van der Waals surface area (Å²) in [4.78, 5) is 0. The second kappa shape index (κ2) is 11.6. The number of benzene rings is 1. The molecule has 1 heteroatoms. The summed E-state index contributed by atoms with van der Waals surface area (Å²) in [6.45, 7) is 2.28. The van der Waals surface area contributed by atoms with Gasteiger partial charge in [0.05, 0.1) is 0 Å². The minimum atomic E-state index is 1.20. The van der Waals surface area contributed by atoms with Gasteiger partial charge in [-0.1, -0.05) is 13.3 Å². The molecule has 0 spiro atoms. The van der Waals surface area contributed by atoms with Crippen LogP contribution in [0.1, 0.15) is 76.7 Å². The monoisotopic (exact) mass is 301 g/mol. The van der Waals surface area contributed by atoms with Crippen LogP contribution in [0.25, 0.3) is 0 Å². The van der Waals surface area contributed by atoms with Crippen molar-refractivity contribution >= 4 is 4.46 Å². The van der Waals surface area contributed by atoms with E-state index >= 15 is 0 Å². The maximum absolute atomic E-state index is 4.08. The van der Waals surface area contributed by atoms with Crippen molar-refractivity contribution < 1.29 is 16.0 Å². The Bertz CT molecular complexity index is 319. The SMILES string of the molecule is CCCCCCCCCCCCc1cccc[c]1[Fe]. The molecular formula is C18H29Fe. The average molecular weight is 301 g/mol. The van der Waals surface area contributed by atoms with Crippen molar-refractivity contribution in [3.8, 4) is 0 Å². The van der Waals surface area contributed by atoms with Gasteiger partial charge in [0.1, 0.15) is 0 Å². The summed E-state index contributed by atoms with van der Waals surface area (Å²) < 4.78 is 1.21. The molecule has 1 rings (SSSR count). The van der Waals surface area contributed by atoms with Gasteiger partial charge in [-0.3, -0.25) is 0 Å². The van der Waals surface area contributed by atoms with E-state index in [9.17, 15) is 0 Å². The van der Waals surface area contributed by atoms with Gasteiger partial charge in [0.15, 0.2) is 0 Å². The molecule has 0 unspecified atom stereocenters. The predicted octanol–water partition coefficient (Wildman–Crippen LogP) is 5.32. The second-order valence-electron chi connectivity index (χ2n) is 5.51. The quantitative estimate of drug-likeness (QED) is 0.383. The van der Waals surface area contributed by atoms with Crippen LogP contribution < -0.4 is 4.46 Å². The van der Waals surface area contributed by atoms with Gasteiger partial charge in [-0.25, -0.2) is 0 Å². The van der Waals surface area contributed by atoms with Crippen LogP contribution in [0.3, 0.4) is 0 Å². The number of rotatable bonds is 11. The Balaban J connectivity index is 1.90. The number of unbranched alkanes of at least 4 members (excludes halogenated alkanes) is 9. The molecule has 0 saturated carbocycles. The summed E-state index contributed by atoms with van der Waals surface area (Å²) in [5.41, 5.74) is 1.43. The van der Waals surface area contributed by atoms with Gasteiger partial charge in [0.25, 0.3) is 0 Å². The predicted molar refractivity (Wildman–Crippen MR) is 81.6 cm³/mol. The summed E-state index contributed by atoms with van der Waals surface area (Å²) in [6, 6.07) is 8.53. The first-order valence-corrected chi connectivity index (χ1v) is 8.62. The van der Waals surface area contributed by atoms with Crippen LogP contribution >= 0.6 is 0 Å². The van der Waals surface area contributed by atoms with Crippen molar-refractivity contribution in [2.75, 3.05) is 0 Å². The molecule has 1 aromatic rings. The van der Waals surface area contributed by atoms with Gasteiger partial charge < -0.3 is 0 Å². The molecule has 0 fully saturated rings. The molecule has 0 saturated heterocycles. The molecule has 0 heterocycles. The Kier molecular flexibility index (Phi) is 10.2. The molecule has 0 atom stereocenters. The number of hydrogen-bond acceptors (Lipinski definition) is 0. The molecule has 19 heavy (non-hydrogen) atoms. The molecular weight excluding hydrogens is 272 g/mol. The first kappa shape index (κ1) is 16.8. The van der Waals surface area contributed by atoms with Gasteiger partial charge in [-0.05, 0) is 0 Å². The van der Waals surface area contributed by atoms with Crippen LogP contribution in [-0.2, 0) is 22.4 Å². The van der Waals surface area contributed by atoms with E-state index in [4.69, 9.17) is 0 Å². The van der Waals surface area contributed by atoms with Crippen molar-refractivity contribution in [2.45, 2.75) is 77.6 Å². The van der Waals surface area contributed by atoms with Crippen molar-refractivity contribution in [1.82, 2.24) is 0 Å². The van der Waals surface area contributed by atoms with Crippen LogP contribution in [0, 0.1) is 0 Å². The number of aryl methyl sites for hydroxylation is 1. The van der Waals surface area contributed by atoms with Crippen LogP contribution in [0.15, 0.2) is 24.3 Å². The van der Waals surface area contributed by atoms with Crippen LogP contribution in [0.5, 0.6) is 0 Å². The summed E-state index contributed by atoms with van der Waals surface area (Å²) >= 11 is 4.08. The molecule has 0 aliphatic heterocycles. The van der Waals surface area contributed by atoms with Crippen LogP contribution in [0.2, 0.25) is 0 Å². The topological polar surface area (TPSA) is 0 Å². The van der Waals surface area contributed by atoms with E-state index in [1.807, 2.05) is 0 Å². The van der Waals surface area contributed by atoms with Gasteiger partial charge >= 0.3 is 115 Å². The molecule has 109 valence electrons. The number of hydrogen-bond donors (Lipinski definition) is 0. The summed E-state index contributed by atoms with van der Waals surface area (Å²) in [6.07, 6.45) is 15.3. The van der Waals surface area contributed by atoms with Crippen molar-refractivity contribution in [1.29, 1.82) is 0 Å². The molecule has 0 amide bonds. The fourth-order valence-corrected chi connectivity index (χ4v) is 2.83. The standard InChI is InChI=1S/C18H29.Fe/c1-2-3-4-5-6-7-8-9-10-12-15-18-16-13-11-14-17-18;/h11,13-14,16H,2-10,12,15H2,1H3;. The average Bonchev–Trinajstić information content (AvgIpc) is 2.43. The molecule has 0 aromatic heterocycles. The van der Waals surface area contributed by atoms with Crippen LogP contribution in [0.4, 0.5) is 0 Å². The Morgan fingerprint density at radius 2 is 1.26 bits per heavy atom. The third kappa shape index (κ3) is 8.50.